The van der Waals surface area contributed by atoms with Gasteiger partial charge in [-0.3, -0.25) is 4.90 Å². The number of amides is 1. The average Bonchev–Trinajstić information content (AvgIpc) is 2.27. The minimum Gasteiger partial charge on any atom is -0.443 e. The Hall–Kier alpha value is -1.51. The van der Waals surface area contributed by atoms with Gasteiger partial charge in [0.15, 0.2) is 0 Å². The van der Waals surface area contributed by atoms with Gasteiger partial charge in [-0.05, 0) is 44.7 Å². The number of carbonyl (C=O) groups excluding carboxylic acids is 1. The number of nitrogens with zero attached hydrogens (tertiary/aromatic N) is 1. The van der Waals surface area contributed by atoms with Crippen LogP contribution in [0.25, 0.3) is 0 Å². The van der Waals surface area contributed by atoms with Crippen LogP contribution in [0.1, 0.15) is 45.6 Å². The van der Waals surface area contributed by atoms with E-state index in [0.29, 0.717) is 5.92 Å². The molecular weight excluding hydrogens is 226 g/mol. The van der Waals surface area contributed by atoms with E-state index in [0.717, 1.165) is 18.7 Å². The van der Waals surface area contributed by atoms with Crippen LogP contribution in [-0.4, -0.2) is 18.2 Å². The number of hydrogen-bond donors (Lipinski definition) is 0. The Balaban J connectivity index is 2.26. The number of rotatable bonds is 0. The number of hydrogen-bond acceptors (Lipinski definition) is 2. The first-order valence-electron chi connectivity index (χ1n) is 6.48. The van der Waals surface area contributed by atoms with Crippen molar-refractivity contribution in [3.8, 4) is 0 Å². The van der Waals surface area contributed by atoms with E-state index >= 15 is 0 Å². The Morgan fingerprint density at radius 3 is 2.67 bits per heavy atom. The van der Waals surface area contributed by atoms with Gasteiger partial charge < -0.3 is 4.74 Å². The maximum Gasteiger partial charge on any atom is 0.414 e. The second kappa shape index (κ2) is 4.63. The van der Waals surface area contributed by atoms with E-state index in [2.05, 4.69) is 13.0 Å². The smallest absolute Gasteiger partial charge is 0.414 e. The third kappa shape index (κ3) is 2.66. The number of carbonyl (C=O) groups is 1. The molecule has 1 aliphatic rings. The van der Waals surface area contributed by atoms with E-state index < -0.39 is 5.60 Å². The SMILES string of the molecule is CC1CCN(C(=O)OC(C)(C)C)c2ccccc21. The van der Waals surface area contributed by atoms with Crippen LogP contribution < -0.4 is 4.90 Å². The fraction of sp³-hybridized carbons (Fsp3) is 0.533. The lowest BCUT2D eigenvalue weighted by molar-refractivity contribution is 0.0577. The van der Waals surface area contributed by atoms with Crippen LogP contribution in [0.5, 0.6) is 0 Å². The van der Waals surface area contributed by atoms with Crippen molar-refractivity contribution in [3.63, 3.8) is 0 Å². The largest absolute Gasteiger partial charge is 0.443 e. The fourth-order valence-corrected chi connectivity index (χ4v) is 2.26. The molecule has 0 aromatic heterocycles. The van der Waals surface area contributed by atoms with E-state index in [1.54, 1.807) is 4.90 Å². The van der Waals surface area contributed by atoms with Crippen LogP contribution in [0.2, 0.25) is 0 Å². The lowest BCUT2D eigenvalue weighted by Gasteiger charge is -2.34. The summed E-state index contributed by atoms with van der Waals surface area (Å²) in [6.07, 6.45) is 0.734. The van der Waals surface area contributed by atoms with Crippen LogP contribution >= 0.6 is 0 Å². The quantitative estimate of drug-likeness (QED) is 0.695. The van der Waals surface area contributed by atoms with Crippen LogP contribution in [0.4, 0.5) is 10.5 Å². The van der Waals surface area contributed by atoms with Crippen LogP contribution in [0.15, 0.2) is 24.3 Å². The minimum absolute atomic E-state index is 0.248. The molecule has 3 nitrogen and oxygen atoms in total. The summed E-state index contributed by atoms with van der Waals surface area (Å²) in [6.45, 7) is 8.61. The van der Waals surface area contributed by atoms with Gasteiger partial charge in [0.05, 0.1) is 5.69 Å². The van der Waals surface area contributed by atoms with Gasteiger partial charge in [-0.1, -0.05) is 25.1 Å². The number of fused-ring (bicyclic) bond motifs is 1. The Kier molecular flexibility index (Phi) is 3.33. The summed E-state index contributed by atoms with van der Waals surface area (Å²) < 4.78 is 5.46. The van der Waals surface area contributed by atoms with Crippen molar-refractivity contribution in [1.82, 2.24) is 0 Å². The Morgan fingerprint density at radius 2 is 2.00 bits per heavy atom. The summed E-state index contributed by atoms with van der Waals surface area (Å²) in [5, 5.41) is 0. The third-order valence-corrected chi connectivity index (χ3v) is 3.16. The maximum absolute atomic E-state index is 12.2. The summed E-state index contributed by atoms with van der Waals surface area (Å²) in [6, 6.07) is 8.08. The molecule has 0 fully saturated rings. The normalized spacial score (nSPS) is 19.3. The molecule has 1 atom stereocenters. The molecule has 0 radical (unpaired) electrons. The molecule has 1 aromatic rings. The summed E-state index contributed by atoms with van der Waals surface area (Å²) in [4.78, 5) is 13.9. The molecule has 98 valence electrons. The second-order valence-electron chi connectivity index (χ2n) is 5.88. The van der Waals surface area contributed by atoms with E-state index in [-0.39, 0.29) is 6.09 Å². The Bertz CT molecular complexity index is 448. The molecule has 2 rings (SSSR count). The topological polar surface area (TPSA) is 29.5 Å². The highest BCUT2D eigenvalue weighted by Gasteiger charge is 2.29. The highest BCUT2D eigenvalue weighted by Crippen LogP contribution is 2.35. The van der Waals surface area contributed by atoms with Gasteiger partial charge in [0, 0.05) is 6.54 Å². The first-order chi connectivity index (χ1) is 8.38. The molecule has 1 amide bonds. The zero-order valence-corrected chi connectivity index (χ0v) is 11.6. The zero-order chi connectivity index (χ0) is 13.3. The first-order valence-corrected chi connectivity index (χ1v) is 6.48. The van der Waals surface area contributed by atoms with Crippen molar-refractivity contribution >= 4 is 11.8 Å². The Morgan fingerprint density at radius 1 is 1.33 bits per heavy atom. The van der Waals surface area contributed by atoms with Gasteiger partial charge in [-0.15, -0.1) is 0 Å². The predicted molar refractivity (Wildman–Crippen MR) is 73.1 cm³/mol. The van der Waals surface area contributed by atoms with E-state index in [1.165, 1.54) is 5.56 Å². The van der Waals surface area contributed by atoms with Gasteiger partial charge in [0.25, 0.3) is 0 Å². The molecule has 0 spiro atoms. The van der Waals surface area contributed by atoms with Crippen molar-refractivity contribution < 1.29 is 9.53 Å². The highest BCUT2D eigenvalue weighted by atomic mass is 16.6. The molecule has 1 heterocycles. The molecule has 1 aliphatic heterocycles. The van der Waals surface area contributed by atoms with Crippen molar-refractivity contribution in [2.45, 2.75) is 45.6 Å². The molecule has 0 N–H and O–H groups in total. The maximum atomic E-state index is 12.2. The highest BCUT2D eigenvalue weighted by molar-refractivity contribution is 5.89. The average molecular weight is 247 g/mol. The van der Waals surface area contributed by atoms with Crippen LogP contribution in [-0.2, 0) is 4.74 Å². The van der Waals surface area contributed by atoms with Crippen molar-refractivity contribution in [2.24, 2.45) is 0 Å². The van der Waals surface area contributed by atoms with Gasteiger partial charge in [0.2, 0.25) is 0 Å². The second-order valence-corrected chi connectivity index (χ2v) is 5.88. The monoisotopic (exact) mass is 247 g/mol. The molecular formula is C15H21NO2. The number of para-hydroxylation sites is 1. The number of anilines is 1. The molecule has 1 aromatic carbocycles. The van der Waals surface area contributed by atoms with Crippen molar-refractivity contribution in [2.75, 3.05) is 11.4 Å². The third-order valence-electron chi connectivity index (χ3n) is 3.16. The number of ether oxygens (including phenoxy) is 1. The lowest BCUT2D eigenvalue weighted by Crippen LogP contribution is -2.40. The van der Waals surface area contributed by atoms with E-state index in [9.17, 15) is 4.79 Å². The van der Waals surface area contributed by atoms with Crippen molar-refractivity contribution in [1.29, 1.82) is 0 Å². The summed E-state index contributed by atoms with van der Waals surface area (Å²) >= 11 is 0. The molecule has 18 heavy (non-hydrogen) atoms. The van der Waals surface area contributed by atoms with Crippen LogP contribution in [0, 0.1) is 0 Å². The standard InChI is InChI=1S/C15H21NO2/c1-11-9-10-16(14(17)18-15(2,3)4)13-8-6-5-7-12(11)13/h5-8,11H,9-10H2,1-4H3. The fourth-order valence-electron chi connectivity index (χ4n) is 2.26. The molecule has 3 heteroatoms. The lowest BCUT2D eigenvalue weighted by atomic mass is 9.92. The summed E-state index contributed by atoms with van der Waals surface area (Å²) in [7, 11) is 0. The minimum atomic E-state index is -0.449. The number of benzene rings is 1. The first kappa shape index (κ1) is 12.9. The molecule has 0 saturated carbocycles. The zero-order valence-electron chi connectivity index (χ0n) is 11.6. The van der Waals surface area contributed by atoms with Gasteiger partial charge in [0.1, 0.15) is 5.60 Å². The summed E-state index contributed by atoms with van der Waals surface area (Å²) in [5.41, 5.74) is 1.77. The predicted octanol–water partition coefficient (Wildman–Crippen LogP) is 3.94. The summed E-state index contributed by atoms with van der Waals surface area (Å²) in [5.74, 6) is 0.500. The molecule has 0 aliphatic carbocycles. The van der Waals surface area contributed by atoms with E-state index in [4.69, 9.17) is 4.74 Å². The van der Waals surface area contributed by atoms with Crippen LogP contribution in [0.3, 0.4) is 0 Å². The van der Waals surface area contributed by atoms with Gasteiger partial charge in [-0.2, -0.15) is 0 Å². The molecule has 0 bridgehead atoms. The van der Waals surface area contributed by atoms with Crippen molar-refractivity contribution in [3.05, 3.63) is 29.8 Å². The Labute approximate surface area is 109 Å². The molecule has 1 unspecified atom stereocenters. The van der Waals surface area contributed by atoms with E-state index in [1.807, 2.05) is 39.0 Å². The van der Waals surface area contributed by atoms with Gasteiger partial charge >= 0.3 is 6.09 Å². The molecule has 0 saturated heterocycles. The van der Waals surface area contributed by atoms with Gasteiger partial charge in [-0.25, -0.2) is 4.79 Å².